The second kappa shape index (κ2) is 61.0. The van der Waals surface area contributed by atoms with E-state index in [2.05, 4.69) is 20.8 Å². The first-order valence-electron chi connectivity index (χ1n) is 43.0. The largest absolute Gasteiger partial charge is 0.394 e. The Hall–Kier alpha value is -1.32. The van der Waals surface area contributed by atoms with Crippen molar-refractivity contribution in [2.45, 2.75) is 373 Å². The molecule has 16 N–H and O–H groups in total. The Labute approximate surface area is 670 Å². The van der Waals surface area contributed by atoms with Crippen molar-refractivity contribution in [3.63, 3.8) is 0 Å². The van der Waals surface area contributed by atoms with E-state index < -0.39 is 185 Å². The number of ether oxygens (including phenoxy) is 17. The molecule has 25 atom stereocenters. The van der Waals surface area contributed by atoms with Gasteiger partial charge in [-0.3, -0.25) is 0 Å². The van der Waals surface area contributed by atoms with Gasteiger partial charge in [0.1, 0.15) is 122 Å². The van der Waals surface area contributed by atoms with Crippen molar-refractivity contribution in [1.29, 1.82) is 0 Å². The first-order valence-corrected chi connectivity index (χ1v) is 43.0. The summed E-state index contributed by atoms with van der Waals surface area (Å²) in [5, 5.41) is 167. The lowest BCUT2D eigenvalue weighted by molar-refractivity contribution is -0.332. The summed E-state index contributed by atoms with van der Waals surface area (Å²) in [5.41, 5.74) is -0.954. The second-order valence-electron chi connectivity index (χ2n) is 31.3. The average molecular weight is 1640 g/mol. The van der Waals surface area contributed by atoms with Crippen LogP contribution in [0.4, 0.5) is 0 Å². The van der Waals surface area contributed by atoms with Crippen LogP contribution in [0.3, 0.4) is 0 Å². The van der Waals surface area contributed by atoms with Gasteiger partial charge in [0.05, 0.1) is 91.3 Å². The average Bonchev–Trinajstić information content (AvgIpc) is 0.777. The first-order chi connectivity index (χ1) is 54.8. The Morgan fingerprint density at radius 1 is 0.212 bits per heavy atom. The maximum absolute atomic E-state index is 10.9. The fourth-order valence-electron chi connectivity index (χ4n) is 14.4. The normalized spacial score (nSPS) is 32.6. The van der Waals surface area contributed by atoms with Gasteiger partial charge >= 0.3 is 0 Å². The van der Waals surface area contributed by atoms with Gasteiger partial charge in [0.25, 0.3) is 0 Å². The Kier molecular flexibility index (Phi) is 55.2. The number of aliphatic hydroxyl groups is 16. The molecule has 0 bridgehead atoms. The van der Waals surface area contributed by atoms with Crippen LogP contribution < -0.4 is 0 Å². The molecule has 33 nitrogen and oxygen atoms in total. The van der Waals surface area contributed by atoms with Gasteiger partial charge in [-0.2, -0.15) is 0 Å². The molecule has 5 aliphatic rings. The highest BCUT2D eigenvalue weighted by molar-refractivity contribution is 4.96. The minimum Gasteiger partial charge on any atom is -0.394 e. The highest BCUT2D eigenvalue weighted by atomic mass is 16.7. The van der Waals surface area contributed by atoms with E-state index in [1.165, 1.54) is 96.3 Å². The van der Waals surface area contributed by atoms with Gasteiger partial charge in [0.15, 0.2) is 31.5 Å². The highest BCUT2D eigenvalue weighted by Gasteiger charge is 2.52. The van der Waals surface area contributed by atoms with Crippen molar-refractivity contribution < 1.29 is 162 Å². The molecule has 0 spiro atoms. The summed E-state index contributed by atoms with van der Waals surface area (Å²) in [6.07, 6.45) is -5.81. The molecule has 113 heavy (non-hydrogen) atoms. The van der Waals surface area contributed by atoms with E-state index in [0.717, 1.165) is 77.0 Å². The van der Waals surface area contributed by atoms with E-state index in [1.807, 2.05) is 0 Å². The molecule has 0 amide bonds. The molecule has 0 aromatic carbocycles. The molecule has 0 radical (unpaired) electrons. The molecule has 670 valence electrons. The van der Waals surface area contributed by atoms with Crippen LogP contribution in [0, 0.1) is 5.41 Å². The number of rotatable bonds is 68. The van der Waals surface area contributed by atoms with Gasteiger partial charge < -0.3 is 162 Å². The van der Waals surface area contributed by atoms with E-state index in [9.17, 15) is 81.7 Å². The topological polar surface area (TPSA) is 481 Å². The van der Waals surface area contributed by atoms with Gasteiger partial charge in [-0.25, -0.2) is 0 Å². The third kappa shape index (κ3) is 37.1. The lowest BCUT2D eigenvalue weighted by Crippen LogP contribution is -2.62. The van der Waals surface area contributed by atoms with Crippen LogP contribution in [-0.2, 0) is 80.5 Å². The standard InChI is InChI=1S/C80H152O33/c1-4-7-10-13-16-19-22-25-28-35-98-51-80(52-99-36-29-26-23-20-17-14-11-8-5-2,53-100-37-30-27-24-21-18-15-12-9-6-3)54-108-79-74(103-41-34-45-107-78-71(96)67(92)63(88)58(49-84)112-78)73(102-40-33-44-106-77-70(95)66(91)62(87)57(48-83)111-77)72(101-39-32-43-105-76-69(94)65(90)61(86)56(47-82)110-76)59(113-79)50-97-38-31-42-104-75-68(93)64(89)60(85)55(46-81)109-75/h55-79,81-96H,4-54H2,1-3H3/t55?,56?,57?,58?,59?,60-,61-,62-,63-,64+,65+,66+,67+,68?,69?,70?,71?,72-,73+,74?,75-,76-,77-,78-,79-/m1/s1. The van der Waals surface area contributed by atoms with Gasteiger partial charge in [-0.15, -0.1) is 0 Å². The highest BCUT2D eigenvalue weighted by Crippen LogP contribution is 2.34. The number of unbranched alkanes of at least 4 members (excludes halogenated alkanes) is 24. The minimum absolute atomic E-state index is 0.0103. The molecule has 0 aromatic heterocycles. The van der Waals surface area contributed by atoms with Gasteiger partial charge in [0.2, 0.25) is 0 Å². The van der Waals surface area contributed by atoms with Crippen LogP contribution in [0.5, 0.6) is 0 Å². The summed E-state index contributed by atoms with van der Waals surface area (Å²) in [6.45, 7) is 4.65. The Morgan fingerprint density at radius 3 is 0.761 bits per heavy atom. The zero-order chi connectivity index (χ0) is 82.0. The molecule has 0 aliphatic carbocycles. The summed E-state index contributed by atoms with van der Waals surface area (Å²) >= 11 is 0. The van der Waals surface area contributed by atoms with Crippen LogP contribution in [0.25, 0.3) is 0 Å². The smallest absolute Gasteiger partial charge is 0.186 e. The maximum atomic E-state index is 10.9. The molecule has 5 saturated heterocycles. The maximum Gasteiger partial charge on any atom is 0.186 e. The summed E-state index contributed by atoms with van der Waals surface area (Å²) < 4.78 is 107. The summed E-state index contributed by atoms with van der Waals surface area (Å²) in [6, 6.07) is 0. The van der Waals surface area contributed by atoms with Crippen LogP contribution in [0.1, 0.15) is 220 Å². The van der Waals surface area contributed by atoms with Crippen molar-refractivity contribution in [3.05, 3.63) is 0 Å². The van der Waals surface area contributed by atoms with E-state index in [1.54, 1.807) is 0 Å². The zero-order valence-corrected chi connectivity index (χ0v) is 68.1. The predicted molar refractivity (Wildman–Crippen MR) is 409 cm³/mol. The van der Waals surface area contributed by atoms with Crippen molar-refractivity contribution in [1.82, 2.24) is 0 Å². The fraction of sp³-hybridized carbons (Fsp3) is 1.00. The molecular formula is C80H152O33. The van der Waals surface area contributed by atoms with Crippen LogP contribution in [0.2, 0.25) is 0 Å². The fourth-order valence-corrected chi connectivity index (χ4v) is 14.4. The number of hydrogen-bond donors (Lipinski definition) is 16. The van der Waals surface area contributed by atoms with Gasteiger partial charge in [-0.1, -0.05) is 175 Å². The van der Waals surface area contributed by atoms with E-state index in [-0.39, 0.29) is 112 Å². The lowest BCUT2D eigenvalue weighted by Gasteiger charge is -2.46. The van der Waals surface area contributed by atoms with E-state index >= 15 is 0 Å². The molecule has 5 fully saturated rings. The van der Waals surface area contributed by atoms with Crippen molar-refractivity contribution in [2.75, 3.05) is 132 Å². The van der Waals surface area contributed by atoms with Gasteiger partial charge in [0, 0.05) is 46.2 Å². The van der Waals surface area contributed by atoms with Gasteiger partial charge in [-0.05, 0) is 44.9 Å². The zero-order valence-electron chi connectivity index (χ0n) is 68.1. The minimum atomic E-state index is -1.71. The molecule has 5 aliphatic heterocycles. The predicted octanol–water partition coefficient (Wildman–Crippen LogP) is 2.36. The Bertz CT molecular complexity index is 2180. The molecular weight excluding hydrogens is 1490 g/mol. The second-order valence-corrected chi connectivity index (χ2v) is 31.3. The van der Waals surface area contributed by atoms with Crippen molar-refractivity contribution >= 4 is 0 Å². The Balaban J connectivity index is 1.53. The molecule has 33 heteroatoms. The van der Waals surface area contributed by atoms with Crippen molar-refractivity contribution in [3.8, 4) is 0 Å². The van der Waals surface area contributed by atoms with Crippen LogP contribution >= 0.6 is 0 Å². The van der Waals surface area contributed by atoms with E-state index in [4.69, 9.17) is 80.5 Å². The Morgan fingerprint density at radius 2 is 0.460 bits per heavy atom. The summed E-state index contributed by atoms with van der Waals surface area (Å²) in [5.74, 6) is 0. The summed E-state index contributed by atoms with van der Waals surface area (Å²) in [4.78, 5) is 0. The van der Waals surface area contributed by atoms with Crippen LogP contribution in [0.15, 0.2) is 0 Å². The molecule has 0 aromatic rings. The summed E-state index contributed by atoms with van der Waals surface area (Å²) in [7, 11) is 0. The van der Waals surface area contributed by atoms with Crippen LogP contribution in [-0.4, -0.2) is 367 Å². The number of aliphatic hydroxyl groups excluding tert-OH is 16. The quantitative estimate of drug-likeness (QED) is 0.0389. The molecule has 5 heterocycles. The molecule has 5 rings (SSSR count). The molecule has 10 unspecified atom stereocenters. The first kappa shape index (κ1) is 102. The third-order valence-corrected chi connectivity index (χ3v) is 21.6. The third-order valence-electron chi connectivity index (χ3n) is 21.6. The monoisotopic (exact) mass is 1640 g/mol. The van der Waals surface area contributed by atoms with E-state index in [0.29, 0.717) is 19.8 Å². The SMILES string of the molecule is CCCCCCCCCCCOCC(COCCCCCCCCCCC)(COCCCCCCCCCCC)CO[C@@H]1OC(COCCCO[C@@H]2OC(CO)[C@@H](O)[C@H](O)C2O)[C@@H](OCCCO[C@@H]2OC(CO)[C@@H](O)[C@H](O)C2O)[C@H](OCCCO[C@@H]2OC(CO)[C@@H](O)[C@H](O)C2O)C1OCCCO[C@@H]1OC(CO)[C@@H](O)[C@H](O)C1O. The number of hydrogen-bond acceptors (Lipinski definition) is 33. The lowest BCUT2D eigenvalue weighted by atomic mass is 9.91. The molecule has 0 saturated carbocycles. The van der Waals surface area contributed by atoms with Crippen molar-refractivity contribution in [2.24, 2.45) is 5.41 Å².